The number of nitrogens with zero attached hydrogens (tertiary/aromatic N) is 1. The fourth-order valence-electron chi connectivity index (χ4n) is 3.14. The smallest absolute Gasteiger partial charge is 0.126 e. The van der Waals surface area contributed by atoms with Crippen LogP contribution in [-0.2, 0) is 4.74 Å². The zero-order valence-electron chi connectivity index (χ0n) is 13.5. The fourth-order valence-corrected chi connectivity index (χ4v) is 3.14. The molecule has 2 fully saturated rings. The Morgan fingerprint density at radius 2 is 2.00 bits per heavy atom. The summed E-state index contributed by atoms with van der Waals surface area (Å²) < 4.78 is 5.64. The van der Waals surface area contributed by atoms with Crippen LogP contribution in [0.4, 0.5) is 0 Å². The number of hydrogen-bond acceptors (Lipinski definition) is 5. The monoisotopic (exact) mass is 284 g/mol. The van der Waals surface area contributed by atoms with Gasteiger partial charge in [0.1, 0.15) is 6.23 Å². The topological polar surface area (TPSA) is 48.6 Å². The van der Waals surface area contributed by atoms with Crippen LogP contribution in [0, 0.1) is 0 Å². The lowest BCUT2D eigenvalue weighted by Gasteiger charge is -2.40. The summed E-state index contributed by atoms with van der Waals surface area (Å²) in [6, 6.07) is 2.25. The molecule has 5 nitrogen and oxygen atoms in total. The van der Waals surface area contributed by atoms with E-state index in [-0.39, 0.29) is 6.23 Å². The number of ether oxygens (including phenoxy) is 1. The van der Waals surface area contributed by atoms with Crippen LogP contribution in [0.25, 0.3) is 0 Å². The van der Waals surface area contributed by atoms with Gasteiger partial charge in [0.2, 0.25) is 0 Å². The molecule has 0 aromatic heterocycles. The van der Waals surface area contributed by atoms with E-state index < -0.39 is 0 Å². The summed E-state index contributed by atoms with van der Waals surface area (Å²) in [7, 11) is 0. The highest BCUT2D eigenvalue weighted by Gasteiger charge is 2.33. The molecule has 2 rings (SSSR count). The molecule has 0 bridgehead atoms. The summed E-state index contributed by atoms with van der Waals surface area (Å²) in [5.41, 5.74) is 0. The predicted octanol–water partition coefficient (Wildman–Crippen LogP) is 0.371. The lowest BCUT2D eigenvalue weighted by Crippen LogP contribution is -2.63. The van der Waals surface area contributed by atoms with Crippen LogP contribution in [0.5, 0.6) is 0 Å². The van der Waals surface area contributed by atoms with E-state index in [1.165, 1.54) is 6.42 Å². The summed E-state index contributed by atoms with van der Waals surface area (Å²) in [6.07, 6.45) is 1.41. The summed E-state index contributed by atoms with van der Waals surface area (Å²) in [4.78, 5) is 2.52. The molecule has 0 spiro atoms. The van der Waals surface area contributed by atoms with Crippen molar-refractivity contribution < 1.29 is 4.74 Å². The average Bonchev–Trinajstić information content (AvgIpc) is 2.86. The van der Waals surface area contributed by atoms with Crippen molar-refractivity contribution in [1.29, 1.82) is 0 Å². The van der Waals surface area contributed by atoms with Crippen LogP contribution in [0.2, 0.25) is 0 Å². The molecule has 0 saturated carbocycles. The largest absolute Gasteiger partial charge is 0.360 e. The molecule has 118 valence electrons. The third-order valence-corrected chi connectivity index (χ3v) is 4.38. The Hall–Kier alpha value is -0.200. The lowest BCUT2D eigenvalue weighted by atomic mass is 10.1. The van der Waals surface area contributed by atoms with Gasteiger partial charge in [-0.2, -0.15) is 0 Å². The third kappa shape index (κ3) is 4.40. The van der Waals surface area contributed by atoms with Crippen molar-refractivity contribution in [2.45, 2.75) is 64.5 Å². The van der Waals surface area contributed by atoms with Gasteiger partial charge in [-0.25, -0.2) is 0 Å². The molecular weight excluding hydrogens is 252 g/mol. The van der Waals surface area contributed by atoms with Gasteiger partial charge >= 0.3 is 0 Å². The first kappa shape index (κ1) is 16.2. The van der Waals surface area contributed by atoms with Gasteiger partial charge in [-0.3, -0.25) is 10.2 Å². The van der Waals surface area contributed by atoms with Gasteiger partial charge in [0.25, 0.3) is 0 Å². The Bertz CT molecular complexity index is 271. The molecule has 3 N–H and O–H groups in total. The molecule has 0 aromatic rings. The highest BCUT2D eigenvalue weighted by molar-refractivity contribution is 4.89. The van der Waals surface area contributed by atoms with Gasteiger partial charge in [0, 0.05) is 37.8 Å². The Labute approximate surface area is 123 Å². The van der Waals surface area contributed by atoms with Gasteiger partial charge in [-0.05, 0) is 40.7 Å². The Morgan fingerprint density at radius 1 is 1.25 bits per heavy atom. The highest BCUT2D eigenvalue weighted by Crippen LogP contribution is 2.12. The normalized spacial score (nSPS) is 30.4. The van der Waals surface area contributed by atoms with E-state index in [1.807, 2.05) is 0 Å². The molecule has 0 aromatic carbocycles. The standard InChI is InChI=1S/C15H32N4O/c1-11(2)19(12(3)4)8-7-17-14-10-20-15(14)18-13-5-6-16-9-13/h11-18H,5-10H2,1-4H3/t13-,14?,15?/m1/s1. The first-order chi connectivity index (χ1) is 9.58. The minimum atomic E-state index is 0.200. The van der Waals surface area contributed by atoms with E-state index in [0.29, 0.717) is 24.2 Å². The summed E-state index contributed by atoms with van der Waals surface area (Å²) >= 11 is 0. The SMILES string of the molecule is CC(C)N(CCNC1COC1N[C@@H]1CCNC1)C(C)C. The fraction of sp³-hybridized carbons (Fsp3) is 1.00. The maximum atomic E-state index is 5.64. The summed E-state index contributed by atoms with van der Waals surface area (Å²) in [5.74, 6) is 0. The van der Waals surface area contributed by atoms with Crippen molar-refractivity contribution in [3.8, 4) is 0 Å². The molecule has 0 amide bonds. The molecule has 2 aliphatic heterocycles. The molecular formula is C15H32N4O. The second-order valence-corrected chi connectivity index (χ2v) is 6.60. The second kappa shape index (κ2) is 7.71. The van der Waals surface area contributed by atoms with Crippen molar-refractivity contribution in [2.24, 2.45) is 0 Å². The number of nitrogens with one attached hydrogen (secondary N) is 3. The Kier molecular flexibility index (Phi) is 6.23. The van der Waals surface area contributed by atoms with Crippen LogP contribution in [0.1, 0.15) is 34.1 Å². The Balaban J connectivity index is 1.63. The highest BCUT2D eigenvalue weighted by atomic mass is 16.5. The molecule has 3 atom stereocenters. The first-order valence-corrected chi connectivity index (χ1v) is 8.15. The average molecular weight is 284 g/mol. The number of hydrogen-bond donors (Lipinski definition) is 3. The van der Waals surface area contributed by atoms with Gasteiger partial charge in [-0.15, -0.1) is 0 Å². The Morgan fingerprint density at radius 3 is 2.50 bits per heavy atom. The van der Waals surface area contributed by atoms with Crippen LogP contribution < -0.4 is 16.0 Å². The van der Waals surface area contributed by atoms with Crippen LogP contribution in [0.15, 0.2) is 0 Å². The molecule has 0 radical (unpaired) electrons. The van der Waals surface area contributed by atoms with Crippen molar-refractivity contribution in [1.82, 2.24) is 20.9 Å². The molecule has 20 heavy (non-hydrogen) atoms. The zero-order chi connectivity index (χ0) is 14.5. The van der Waals surface area contributed by atoms with E-state index in [1.54, 1.807) is 0 Å². The van der Waals surface area contributed by atoms with Crippen molar-refractivity contribution in [3.63, 3.8) is 0 Å². The van der Waals surface area contributed by atoms with Gasteiger partial charge in [-0.1, -0.05) is 0 Å². The van der Waals surface area contributed by atoms with Gasteiger partial charge in [0.15, 0.2) is 0 Å². The molecule has 2 saturated heterocycles. The third-order valence-electron chi connectivity index (χ3n) is 4.38. The maximum Gasteiger partial charge on any atom is 0.126 e. The van der Waals surface area contributed by atoms with Crippen molar-refractivity contribution >= 4 is 0 Å². The second-order valence-electron chi connectivity index (χ2n) is 6.60. The van der Waals surface area contributed by atoms with Crippen molar-refractivity contribution in [3.05, 3.63) is 0 Å². The van der Waals surface area contributed by atoms with Crippen molar-refractivity contribution in [2.75, 3.05) is 32.8 Å². The van der Waals surface area contributed by atoms with Gasteiger partial charge < -0.3 is 15.4 Å². The minimum Gasteiger partial charge on any atom is -0.360 e. The van der Waals surface area contributed by atoms with Crippen LogP contribution >= 0.6 is 0 Å². The molecule has 2 aliphatic rings. The minimum absolute atomic E-state index is 0.200. The first-order valence-electron chi connectivity index (χ1n) is 8.15. The molecule has 2 heterocycles. The van der Waals surface area contributed by atoms with Crippen LogP contribution in [-0.4, -0.2) is 68.1 Å². The van der Waals surface area contributed by atoms with E-state index in [4.69, 9.17) is 4.74 Å². The van der Waals surface area contributed by atoms with E-state index in [0.717, 1.165) is 32.8 Å². The molecule has 2 unspecified atom stereocenters. The van der Waals surface area contributed by atoms with Gasteiger partial charge in [0.05, 0.1) is 12.6 Å². The maximum absolute atomic E-state index is 5.64. The van der Waals surface area contributed by atoms with E-state index in [2.05, 4.69) is 48.5 Å². The zero-order valence-corrected chi connectivity index (χ0v) is 13.5. The summed E-state index contributed by atoms with van der Waals surface area (Å²) in [5, 5.41) is 10.6. The summed E-state index contributed by atoms with van der Waals surface area (Å²) in [6.45, 7) is 14.2. The molecule has 5 heteroatoms. The van der Waals surface area contributed by atoms with E-state index >= 15 is 0 Å². The lowest BCUT2D eigenvalue weighted by molar-refractivity contribution is -0.110. The quantitative estimate of drug-likeness (QED) is 0.601. The predicted molar refractivity (Wildman–Crippen MR) is 82.9 cm³/mol. The molecule has 0 aliphatic carbocycles. The number of rotatable bonds is 8. The van der Waals surface area contributed by atoms with E-state index in [9.17, 15) is 0 Å². The van der Waals surface area contributed by atoms with Crippen LogP contribution in [0.3, 0.4) is 0 Å².